The van der Waals surface area contributed by atoms with Gasteiger partial charge in [-0.2, -0.15) is 0 Å². The van der Waals surface area contributed by atoms with E-state index in [9.17, 15) is 0 Å². The van der Waals surface area contributed by atoms with E-state index in [0.29, 0.717) is 5.41 Å². The summed E-state index contributed by atoms with van der Waals surface area (Å²) in [5.41, 5.74) is 2.25. The zero-order valence-electron chi connectivity index (χ0n) is 10.8. The van der Waals surface area contributed by atoms with Crippen molar-refractivity contribution in [3.05, 3.63) is 11.6 Å². The second-order valence-corrected chi connectivity index (χ2v) is 6.54. The number of hydrogen-bond donors (Lipinski definition) is 0. The van der Waals surface area contributed by atoms with Crippen LogP contribution in [0.5, 0.6) is 0 Å². The lowest BCUT2D eigenvalue weighted by Crippen LogP contribution is -1.98. The lowest BCUT2D eigenvalue weighted by atomic mass is 9.93. The summed E-state index contributed by atoms with van der Waals surface area (Å²) in [6.07, 6.45) is 9.68. The van der Waals surface area contributed by atoms with Crippen LogP contribution in [-0.4, -0.2) is 0 Å². The van der Waals surface area contributed by atoms with Crippen molar-refractivity contribution in [3.63, 3.8) is 0 Å². The van der Waals surface area contributed by atoms with Crippen LogP contribution >= 0.6 is 0 Å². The van der Waals surface area contributed by atoms with Crippen LogP contribution in [0.15, 0.2) is 11.6 Å². The first-order chi connectivity index (χ1) is 7.01. The quantitative estimate of drug-likeness (QED) is 0.499. The first kappa shape index (κ1) is 11.2. The van der Waals surface area contributed by atoms with E-state index in [-0.39, 0.29) is 0 Å². The molecular formula is C15H26. The van der Waals surface area contributed by atoms with Crippen molar-refractivity contribution in [3.8, 4) is 0 Å². The van der Waals surface area contributed by atoms with Crippen LogP contribution in [0.2, 0.25) is 0 Å². The lowest BCUT2D eigenvalue weighted by molar-refractivity contribution is 0.419. The topological polar surface area (TPSA) is 0 Å². The first-order valence-corrected chi connectivity index (χ1v) is 6.69. The fourth-order valence-electron chi connectivity index (χ4n) is 3.40. The molecule has 3 atom stereocenters. The highest BCUT2D eigenvalue weighted by molar-refractivity contribution is 5.18. The number of rotatable bonds is 0. The number of allylic oxidation sites excluding steroid dienone is 2. The summed E-state index contributed by atoms with van der Waals surface area (Å²) >= 11 is 0. The highest BCUT2D eigenvalue weighted by Gasteiger charge is 2.55. The Morgan fingerprint density at radius 2 is 1.93 bits per heavy atom. The van der Waals surface area contributed by atoms with Crippen LogP contribution in [-0.2, 0) is 0 Å². The molecule has 0 heteroatoms. The van der Waals surface area contributed by atoms with Crippen molar-refractivity contribution in [1.29, 1.82) is 0 Å². The van der Waals surface area contributed by atoms with Crippen LogP contribution in [0.4, 0.5) is 0 Å². The van der Waals surface area contributed by atoms with Crippen LogP contribution in [0.25, 0.3) is 0 Å². The van der Waals surface area contributed by atoms with Crippen molar-refractivity contribution in [2.75, 3.05) is 0 Å². The molecule has 0 unspecified atom stereocenters. The van der Waals surface area contributed by atoms with E-state index in [0.717, 1.165) is 17.8 Å². The van der Waals surface area contributed by atoms with Crippen LogP contribution in [0, 0.1) is 23.2 Å². The zero-order valence-corrected chi connectivity index (χ0v) is 10.8. The Kier molecular flexibility index (Phi) is 2.96. The lowest BCUT2D eigenvalue weighted by Gasteiger charge is -2.12. The van der Waals surface area contributed by atoms with Crippen molar-refractivity contribution in [2.24, 2.45) is 23.2 Å². The molecule has 86 valence electrons. The SMILES string of the molecule is C/C1=C\[C@H]2[C@@H](CC[C@@H](C)CCC1)C2(C)C. The van der Waals surface area contributed by atoms with Gasteiger partial charge in [-0.1, -0.05) is 45.3 Å². The maximum atomic E-state index is 2.58. The van der Waals surface area contributed by atoms with Gasteiger partial charge in [0.05, 0.1) is 0 Å². The Hall–Kier alpha value is -0.260. The molecule has 1 saturated carbocycles. The standard InChI is InChI=1S/C15H26/c1-11-6-5-7-12(2)10-14-13(9-8-11)15(14,3)4/h10-11,13-14H,5-9H2,1-4H3/b12-10+/t11-,13+,14-/m0/s1. The third-order valence-corrected chi connectivity index (χ3v) is 4.84. The second kappa shape index (κ2) is 3.96. The van der Waals surface area contributed by atoms with E-state index in [2.05, 4.69) is 33.8 Å². The summed E-state index contributed by atoms with van der Waals surface area (Å²) in [6, 6.07) is 0. The van der Waals surface area contributed by atoms with Gasteiger partial charge in [-0.15, -0.1) is 0 Å². The molecule has 1 fully saturated rings. The Bertz CT molecular complexity index is 259. The smallest absolute Gasteiger partial charge is 0.0143 e. The van der Waals surface area contributed by atoms with Gasteiger partial charge >= 0.3 is 0 Å². The van der Waals surface area contributed by atoms with Gasteiger partial charge in [0.25, 0.3) is 0 Å². The first-order valence-electron chi connectivity index (χ1n) is 6.69. The minimum atomic E-state index is 0.602. The summed E-state index contributed by atoms with van der Waals surface area (Å²) < 4.78 is 0. The Morgan fingerprint density at radius 3 is 2.67 bits per heavy atom. The average molecular weight is 206 g/mol. The summed E-state index contributed by atoms with van der Waals surface area (Å²) in [5, 5.41) is 0. The molecule has 0 nitrogen and oxygen atoms in total. The van der Waals surface area contributed by atoms with Crippen LogP contribution in [0.3, 0.4) is 0 Å². The van der Waals surface area contributed by atoms with Gasteiger partial charge in [0.1, 0.15) is 0 Å². The second-order valence-electron chi connectivity index (χ2n) is 6.54. The molecule has 0 spiro atoms. The van der Waals surface area contributed by atoms with E-state index in [1.54, 1.807) is 5.57 Å². The molecule has 0 bridgehead atoms. The predicted molar refractivity (Wildman–Crippen MR) is 66.8 cm³/mol. The fourth-order valence-corrected chi connectivity index (χ4v) is 3.40. The van der Waals surface area contributed by atoms with Gasteiger partial charge in [-0.3, -0.25) is 0 Å². The third kappa shape index (κ3) is 2.29. The maximum Gasteiger partial charge on any atom is -0.0143 e. The molecule has 2 aliphatic rings. The maximum absolute atomic E-state index is 2.58. The van der Waals surface area contributed by atoms with Crippen molar-refractivity contribution < 1.29 is 0 Å². The van der Waals surface area contributed by atoms with E-state index in [4.69, 9.17) is 0 Å². The molecule has 0 saturated heterocycles. The van der Waals surface area contributed by atoms with Crippen molar-refractivity contribution in [1.82, 2.24) is 0 Å². The van der Waals surface area contributed by atoms with Gasteiger partial charge in [-0.25, -0.2) is 0 Å². The molecule has 2 aliphatic carbocycles. The van der Waals surface area contributed by atoms with Gasteiger partial charge in [0.2, 0.25) is 0 Å². The molecular weight excluding hydrogens is 180 g/mol. The molecule has 0 aromatic heterocycles. The van der Waals surface area contributed by atoms with Crippen LogP contribution in [0.1, 0.15) is 59.8 Å². The minimum Gasteiger partial charge on any atom is -0.0817 e. The summed E-state index contributed by atoms with van der Waals surface area (Å²) in [5.74, 6) is 2.82. The molecule has 0 aromatic rings. The average Bonchev–Trinajstić information content (AvgIpc) is 2.65. The van der Waals surface area contributed by atoms with Crippen molar-refractivity contribution >= 4 is 0 Å². The normalized spacial score (nSPS) is 43.7. The largest absolute Gasteiger partial charge is 0.0817 e. The Morgan fingerprint density at radius 1 is 1.20 bits per heavy atom. The number of hydrogen-bond acceptors (Lipinski definition) is 0. The van der Waals surface area contributed by atoms with Gasteiger partial charge in [-0.05, 0) is 49.4 Å². The van der Waals surface area contributed by atoms with E-state index >= 15 is 0 Å². The van der Waals surface area contributed by atoms with E-state index < -0.39 is 0 Å². The summed E-state index contributed by atoms with van der Waals surface area (Å²) in [7, 11) is 0. The van der Waals surface area contributed by atoms with Gasteiger partial charge in [0.15, 0.2) is 0 Å². The Balaban J connectivity index is 2.07. The number of fused-ring (bicyclic) bond motifs is 1. The molecule has 0 N–H and O–H groups in total. The molecule has 0 heterocycles. The van der Waals surface area contributed by atoms with Gasteiger partial charge in [0, 0.05) is 0 Å². The Labute approximate surface area is 95.1 Å². The molecule has 0 radical (unpaired) electrons. The van der Waals surface area contributed by atoms with Gasteiger partial charge < -0.3 is 0 Å². The predicted octanol–water partition coefficient (Wildman–Crippen LogP) is 4.81. The van der Waals surface area contributed by atoms with Crippen LogP contribution < -0.4 is 0 Å². The molecule has 0 amide bonds. The highest BCUT2D eigenvalue weighted by atomic mass is 14.6. The third-order valence-electron chi connectivity index (χ3n) is 4.84. The van der Waals surface area contributed by atoms with E-state index in [1.165, 1.54) is 32.1 Å². The zero-order chi connectivity index (χ0) is 11.1. The molecule has 0 aliphatic heterocycles. The van der Waals surface area contributed by atoms with Crippen molar-refractivity contribution in [2.45, 2.75) is 59.8 Å². The monoisotopic (exact) mass is 206 g/mol. The molecule has 15 heavy (non-hydrogen) atoms. The summed E-state index contributed by atoms with van der Waals surface area (Å²) in [6.45, 7) is 9.67. The van der Waals surface area contributed by atoms with E-state index in [1.807, 2.05) is 0 Å². The fraction of sp³-hybridized carbons (Fsp3) is 0.867. The molecule has 0 aromatic carbocycles. The summed E-state index contributed by atoms with van der Waals surface area (Å²) in [4.78, 5) is 0. The molecule has 2 rings (SSSR count). The minimum absolute atomic E-state index is 0.602. The highest BCUT2D eigenvalue weighted by Crippen LogP contribution is 2.61.